The van der Waals surface area contributed by atoms with Gasteiger partial charge in [-0.2, -0.15) is 0 Å². The largest absolute Gasteiger partial charge is 0.508 e. The maximum atomic E-state index is 14.7. The molecule has 25 heteroatoms. The summed E-state index contributed by atoms with van der Waals surface area (Å²) in [6, 6.07) is 9.81. The number of aromatic hydroxyl groups is 2. The third-order valence-corrected chi connectivity index (χ3v) is 13.7. The summed E-state index contributed by atoms with van der Waals surface area (Å²) >= 11 is 1.25. The first kappa shape index (κ1) is 58.0. The number of rotatable bonds is 24. The average molecular weight is 1060 g/mol. The number of aliphatic imine (C=N–C) groups is 1. The van der Waals surface area contributed by atoms with Gasteiger partial charge in [0.1, 0.15) is 53.8 Å². The number of phenols is 2. The van der Waals surface area contributed by atoms with Gasteiger partial charge in [0.05, 0.1) is 17.8 Å². The first-order chi connectivity index (χ1) is 35.6. The molecule has 2 aliphatic rings. The van der Waals surface area contributed by atoms with Gasteiger partial charge >= 0.3 is 11.9 Å². The Labute approximate surface area is 436 Å². The summed E-state index contributed by atoms with van der Waals surface area (Å²) in [5.74, 6) is -8.97. The van der Waals surface area contributed by atoms with Crippen molar-refractivity contribution in [2.24, 2.45) is 28.1 Å². The van der Waals surface area contributed by atoms with Crippen LogP contribution in [0.2, 0.25) is 0 Å². The van der Waals surface area contributed by atoms with Crippen LogP contribution in [-0.4, -0.2) is 151 Å². The van der Waals surface area contributed by atoms with Crippen molar-refractivity contribution in [3.63, 3.8) is 0 Å². The molecule has 2 aliphatic heterocycles. The molecule has 2 fully saturated rings. The van der Waals surface area contributed by atoms with E-state index < -0.39 is 119 Å². The lowest BCUT2D eigenvalue weighted by molar-refractivity contribution is -0.143. The van der Waals surface area contributed by atoms with Crippen molar-refractivity contribution in [3.8, 4) is 11.5 Å². The number of carboxylic acids is 2. The molecule has 75 heavy (non-hydrogen) atoms. The maximum Gasteiger partial charge on any atom is 0.326 e. The van der Waals surface area contributed by atoms with Crippen molar-refractivity contribution < 1.29 is 63.6 Å². The second-order valence-electron chi connectivity index (χ2n) is 18.6. The fourth-order valence-corrected chi connectivity index (χ4v) is 9.83. The first-order valence-electron chi connectivity index (χ1n) is 24.2. The summed E-state index contributed by atoms with van der Waals surface area (Å²) < 4.78 is 0. The zero-order valence-electron chi connectivity index (χ0n) is 41.3. The Bertz CT molecular complexity index is 2550. The number of carbonyl (C=O) groups is 9. The summed E-state index contributed by atoms with van der Waals surface area (Å²) in [6.07, 6.45) is -0.899. The van der Waals surface area contributed by atoms with E-state index in [1.165, 1.54) is 53.1 Å². The topological polar surface area (TPSA) is 400 Å². The van der Waals surface area contributed by atoms with Gasteiger partial charge in [0.2, 0.25) is 41.4 Å². The van der Waals surface area contributed by atoms with E-state index in [1.54, 1.807) is 56.3 Å². The van der Waals surface area contributed by atoms with E-state index in [2.05, 4.69) is 36.9 Å². The van der Waals surface area contributed by atoms with Crippen molar-refractivity contribution in [3.05, 3.63) is 95.6 Å². The van der Waals surface area contributed by atoms with E-state index in [1.807, 2.05) is 0 Å². The van der Waals surface area contributed by atoms with Gasteiger partial charge in [-0.1, -0.05) is 68.4 Å². The quantitative estimate of drug-likeness (QED) is 0.0282. The first-order valence-corrected chi connectivity index (χ1v) is 25.3. The Hall–Kier alpha value is -7.93. The molecule has 7 amide bonds. The van der Waals surface area contributed by atoms with Gasteiger partial charge in [0, 0.05) is 32.2 Å². The number of nitrogens with two attached hydrogens (primary N) is 3. The number of carboxylic acid groups (broad SMARTS) is 2. The Morgan fingerprint density at radius 3 is 1.96 bits per heavy atom. The lowest BCUT2D eigenvalue weighted by Gasteiger charge is -2.32. The Kier molecular flexibility index (Phi) is 21.2. The number of hydrogen-bond donors (Lipinski definition) is 13. The molecule has 16 N–H and O–H groups in total. The smallest absolute Gasteiger partial charge is 0.326 e. The lowest BCUT2D eigenvalue weighted by atomic mass is 9.99. The highest BCUT2D eigenvalue weighted by atomic mass is 32.2. The number of benzene rings is 3. The van der Waals surface area contributed by atoms with Gasteiger partial charge in [-0.3, -0.25) is 43.3 Å². The standard InChI is InChI=1S/C50H65N11O13S/c1-26(2)41(60-44(68)33(9-6-19-54-50(52)53)55-42(66)32(51)24-40(64)65)47(71)57-35(21-28-10-14-30(62)15-11-28)45(69)58-36-25-39-61(48(36)72)38(23-29-12-16-31(63)17-13-29)46(70)56-34(18-20-75-39)43(67)59-37(49(73)74)22-27-7-4-3-5-8-27/h3-5,7-8,10-17,26,32-39,41,62-63H,6,9,18-25,51H2,1-2H3,(H,55,66)(H,56,70)(H,57,71)(H,58,69)(H,59,67)(H,60,68)(H,64,65)(H,73,74)(H4,52,53,54)/t32-,33-,34-,35-,36-,37-,38-,39+,41-/m0/s1. The average Bonchev–Trinajstić information content (AvgIpc) is 3.68. The number of carbonyl (C=O) groups excluding carboxylic acids is 7. The van der Waals surface area contributed by atoms with Crippen molar-refractivity contribution in [2.45, 2.75) is 119 Å². The SMILES string of the molecule is CC(C)[C@H](NC(=O)[C@H](CCCN=C(N)N)NC(=O)[C@@H](N)CC(=O)O)C(=O)N[C@@H](Cc1ccc(O)cc1)C(=O)N[C@H]1C[C@H]2SCC[C@@H](C(=O)N[C@@H](Cc3ccccc3)C(=O)O)NC(=O)[C@H](Cc3ccc(O)cc3)N2C1=O. The zero-order valence-corrected chi connectivity index (χ0v) is 42.2. The van der Waals surface area contributed by atoms with E-state index in [0.29, 0.717) is 16.7 Å². The number of nitrogens with zero attached hydrogens (tertiary/aromatic N) is 2. The van der Waals surface area contributed by atoms with E-state index in [4.69, 9.17) is 22.3 Å². The highest BCUT2D eigenvalue weighted by Gasteiger charge is 2.48. The fourth-order valence-electron chi connectivity index (χ4n) is 8.45. The summed E-state index contributed by atoms with van der Waals surface area (Å²) in [7, 11) is 0. The number of thioether (sulfide) groups is 1. The van der Waals surface area contributed by atoms with Crippen LogP contribution < -0.4 is 49.1 Å². The molecule has 2 saturated heterocycles. The molecule has 5 rings (SSSR count). The highest BCUT2D eigenvalue weighted by molar-refractivity contribution is 7.99. The van der Waals surface area contributed by atoms with Gasteiger partial charge < -0.3 is 74.4 Å². The summed E-state index contributed by atoms with van der Waals surface area (Å²) in [5.41, 5.74) is 18.3. The van der Waals surface area contributed by atoms with Gasteiger partial charge in [-0.25, -0.2) is 4.79 Å². The highest BCUT2D eigenvalue weighted by Crippen LogP contribution is 2.34. The molecule has 0 unspecified atom stereocenters. The third-order valence-electron chi connectivity index (χ3n) is 12.4. The molecule has 0 aromatic heterocycles. The van der Waals surface area contributed by atoms with Crippen LogP contribution >= 0.6 is 11.8 Å². The molecule has 0 bridgehead atoms. The molecule has 2 heterocycles. The molecule has 9 atom stereocenters. The monoisotopic (exact) mass is 1060 g/mol. The van der Waals surface area contributed by atoms with Gasteiger partial charge in [0.15, 0.2) is 5.96 Å². The summed E-state index contributed by atoms with van der Waals surface area (Å²) in [4.78, 5) is 127. The molecule has 0 aliphatic carbocycles. The minimum atomic E-state index is -1.51. The van der Waals surface area contributed by atoms with Crippen molar-refractivity contribution >= 4 is 71.0 Å². The number of fused-ring (bicyclic) bond motifs is 1. The van der Waals surface area contributed by atoms with Crippen LogP contribution in [0, 0.1) is 5.92 Å². The van der Waals surface area contributed by atoms with Gasteiger partial charge in [-0.15, -0.1) is 11.8 Å². The van der Waals surface area contributed by atoms with E-state index in [0.717, 1.165) is 0 Å². The number of phenolic OH excluding ortho intramolecular Hbond substituents is 2. The third kappa shape index (κ3) is 17.3. The minimum Gasteiger partial charge on any atom is -0.508 e. The molecule has 0 radical (unpaired) electrons. The number of guanidine groups is 1. The molecular weight excluding hydrogens is 995 g/mol. The number of hydrogen-bond acceptors (Lipinski definition) is 14. The Morgan fingerprint density at radius 2 is 1.36 bits per heavy atom. The number of nitrogens with one attached hydrogen (secondary N) is 6. The van der Waals surface area contributed by atoms with Crippen molar-refractivity contribution in [1.29, 1.82) is 0 Å². The normalized spacial score (nSPS) is 19.4. The second kappa shape index (κ2) is 27.4. The minimum absolute atomic E-state index is 0.0215. The molecule has 0 spiro atoms. The predicted octanol–water partition coefficient (Wildman–Crippen LogP) is -1.31. The Morgan fingerprint density at radius 1 is 0.760 bits per heavy atom. The molecule has 404 valence electrons. The van der Waals surface area contributed by atoms with Crippen LogP contribution in [0.3, 0.4) is 0 Å². The predicted molar refractivity (Wildman–Crippen MR) is 274 cm³/mol. The second-order valence-corrected chi connectivity index (χ2v) is 19.9. The summed E-state index contributed by atoms with van der Waals surface area (Å²) in [6.45, 7) is 3.29. The fraction of sp³-hybridized carbons (Fsp3) is 0.440. The number of amides is 7. The van der Waals surface area contributed by atoms with Crippen molar-refractivity contribution in [2.75, 3.05) is 12.3 Å². The zero-order chi connectivity index (χ0) is 54.9. The molecule has 3 aromatic carbocycles. The van der Waals surface area contributed by atoms with Crippen LogP contribution in [-0.2, 0) is 62.4 Å². The van der Waals surface area contributed by atoms with Crippen LogP contribution in [0.25, 0.3) is 0 Å². The van der Waals surface area contributed by atoms with Crippen LogP contribution in [0.4, 0.5) is 0 Å². The van der Waals surface area contributed by atoms with Crippen LogP contribution in [0.15, 0.2) is 83.9 Å². The van der Waals surface area contributed by atoms with E-state index in [9.17, 15) is 58.5 Å². The lowest BCUT2D eigenvalue weighted by Crippen LogP contribution is -2.60. The molecule has 3 aromatic rings. The summed E-state index contributed by atoms with van der Waals surface area (Å²) in [5, 5.41) is 54.3. The van der Waals surface area contributed by atoms with Crippen LogP contribution in [0.5, 0.6) is 11.5 Å². The molecule has 24 nitrogen and oxygen atoms in total. The van der Waals surface area contributed by atoms with E-state index in [-0.39, 0.29) is 74.7 Å². The van der Waals surface area contributed by atoms with Gasteiger partial charge in [-0.05, 0) is 71.9 Å². The van der Waals surface area contributed by atoms with Crippen molar-refractivity contribution in [1.82, 2.24) is 36.8 Å². The van der Waals surface area contributed by atoms with Crippen LogP contribution in [0.1, 0.15) is 62.6 Å². The van der Waals surface area contributed by atoms with Gasteiger partial charge in [0.25, 0.3) is 0 Å². The molecular formula is C50H65N11O13S. The maximum absolute atomic E-state index is 14.7. The number of aliphatic carboxylic acids is 2. The molecule has 0 saturated carbocycles. The van der Waals surface area contributed by atoms with E-state index >= 15 is 0 Å². The Balaban J connectivity index is 1.37.